The van der Waals surface area contributed by atoms with Crippen LogP contribution in [0.1, 0.15) is 29.0 Å². The van der Waals surface area contributed by atoms with Crippen LogP contribution < -0.4 is 0 Å². The molecule has 0 bridgehead atoms. The normalized spacial score (nSPS) is 12.6. The highest BCUT2D eigenvalue weighted by Gasteiger charge is 2.13. The fourth-order valence-corrected chi connectivity index (χ4v) is 3.17. The fraction of sp³-hybridized carbons (Fsp3) is 0.286. The Labute approximate surface area is 111 Å². The molecule has 1 unspecified atom stereocenters. The minimum Gasteiger partial charge on any atom is -0.384 e. The molecule has 1 N–H and O–H groups in total. The van der Waals surface area contributed by atoms with Gasteiger partial charge < -0.3 is 5.11 Å². The molecule has 2 rings (SSSR count). The highest BCUT2D eigenvalue weighted by atomic mass is 32.2. The summed E-state index contributed by atoms with van der Waals surface area (Å²) in [4.78, 5) is 2.44. The van der Waals surface area contributed by atoms with E-state index in [4.69, 9.17) is 0 Å². The first-order valence-corrected chi connectivity index (χ1v) is 7.53. The Morgan fingerprint density at radius 3 is 2.47 bits per heavy atom. The Bertz CT molecular complexity index is 473. The van der Waals surface area contributed by atoms with Crippen molar-refractivity contribution in [3.63, 3.8) is 0 Å². The van der Waals surface area contributed by atoms with E-state index < -0.39 is 6.10 Å². The number of aryl methyl sites for hydroxylation is 1. The minimum absolute atomic E-state index is 0.498. The molecule has 0 aliphatic carbocycles. The second-order valence-electron chi connectivity index (χ2n) is 3.84. The number of aliphatic hydroxyl groups excluding tert-OH is 1. The summed E-state index contributed by atoms with van der Waals surface area (Å²) in [6.45, 7) is 4.19. The van der Waals surface area contributed by atoms with E-state index in [1.165, 1.54) is 9.77 Å². The third-order valence-electron chi connectivity index (χ3n) is 2.70. The van der Waals surface area contributed by atoms with E-state index in [0.717, 1.165) is 16.9 Å². The average Bonchev–Trinajstić information content (AvgIpc) is 2.76. The Balaban J connectivity index is 2.20. The first-order valence-electron chi connectivity index (χ1n) is 5.67. The van der Waals surface area contributed by atoms with Crippen molar-refractivity contribution < 1.29 is 5.11 Å². The number of thioether (sulfide) groups is 1. The topological polar surface area (TPSA) is 20.2 Å². The lowest BCUT2D eigenvalue weighted by Gasteiger charge is -2.11. The molecule has 2 aromatic rings. The first kappa shape index (κ1) is 12.7. The second-order valence-corrected chi connectivity index (χ2v) is 6.29. The monoisotopic (exact) mass is 264 g/mol. The quantitative estimate of drug-likeness (QED) is 0.833. The summed E-state index contributed by atoms with van der Waals surface area (Å²) in [5.41, 5.74) is 1.98. The van der Waals surface area contributed by atoms with Crippen LogP contribution in [0.5, 0.6) is 0 Å². The molecule has 1 nitrogen and oxygen atoms in total. The van der Waals surface area contributed by atoms with E-state index in [1.54, 1.807) is 11.3 Å². The van der Waals surface area contributed by atoms with Crippen molar-refractivity contribution in [1.29, 1.82) is 0 Å². The van der Waals surface area contributed by atoms with E-state index in [0.29, 0.717) is 0 Å². The standard InChI is InChI=1S/C14H16OS2/c1-3-16-12-6-4-11(5-7-12)14(15)13-8-9-17-10(13)2/h4-9,14-15H,3H2,1-2H3. The summed E-state index contributed by atoms with van der Waals surface area (Å²) in [5, 5.41) is 12.3. The maximum absolute atomic E-state index is 10.3. The number of thiophene rings is 1. The number of aliphatic hydroxyl groups is 1. The molecule has 0 saturated heterocycles. The molecule has 90 valence electrons. The zero-order valence-corrected chi connectivity index (χ0v) is 11.6. The number of rotatable bonds is 4. The molecule has 0 saturated carbocycles. The lowest BCUT2D eigenvalue weighted by Crippen LogP contribution is -1.99. The van der Waals surface area contributed by atoms with Crippen LogP contribution in [0.15, 0.2) is 40.6 Å². The van der Waals surface area contributed by atoms with Gasteiger partial charge in [0.05, 0.1) is 0 Å². The fourth-order valence-electron chi connectivity index (χ4n) is 1.77. The summed E-state index contributed by atoms with van der Waals surface area (Å²) in [7, 11) is 0. The van der Waals surface area contributed by atoms with Crippen LogP contribution in [0.3, 0.4) is 0 Å². The molecule has 1 aromatic heterocycles. The van der Waals surface area contributed by atoms with Gasteiger partial charge in [-0.15, -0.1) is 23.1 Å². The van der Waals surface area contributed by atoms with Crippen LogP contribution in [0, 0.1) is 6.92 Å². The largest absolute Gasteiger partial charge is 0.384 e. The highest BCUT2D eigenvalue weighted by Crippen LogP contribution is 2.29. The van der Waals surface area contributed by atoms with Crippen LogP contribution >= 0.6 is 23.1 Å². The molecule has 0 spiro atoms. The van der Waals surface area contributed by atoms with Gasteiger partial charge in [0, 0.05) is 9.77 Å². The molecule has 0 aliphatic heterocycles. The van der Waals surface area contributed by atoms with Gasteiger partial charge in [-0.2, -0.15) is 0 Å². The molecule has 1 aromatic carbocycles. The third kappa shape index (κ3) is 2.92. The lowest BCUT2D eigenvalue weighted by molar-refractivity contribution is 0.220. The minimum atomic E-state index is -0.498. The van der Waals surface area contributed by atoms with E-state index in [2.05, 4.69) is 19.1 Å². The van der Waals surface area contributed by atoms with Crippen LogP contribution in [-0.4, -0.2) is 10.9 Å². The van der Waals surface area contributed by atoms with Crippen LogP contribution in [-0.2, 0) is 0 Å². The van der Waals surface area contributed by atoms with Crippen LogP contribution in [0.25, 0.3) is 0 Å². The molecule has 3 heteroatoms. The molecular weight excluding hydrogens is 248 g/mol. The summed E-state index contributed by atoms with van der Waals surface area (Å²) < 4.78 is 0. The molecule has 1 heterocycles. The van der Waals surface area contributed by atoms with Gasteiger partial charge in [0.2, 0.25) is 0 Å². The van der Waals surface area contributed by atoms with Gasteiger partial charge >= 0.3 is 0 Å². The van der Waals surface area contributed by atoms with Gasteiger partial charge in [-0.25, -0.2) is 0 Å². The number of hydrogen-bond donors (Lipinski definition) is 1. The van der Waals surface area contributed by atoms with Crippen LogP contribution in [0.4, 0.5) is 0 Å². The average molecular weight is 264 g/mol. The van der Waals surface area contributed by atoms with E-state index in [9.17, 15) is 5.11 Å². The smallest absolute Gasteiger partial charge is 0.105 e. The van der Waals surface area contributed by atoms with E-state index in [1.807, 2.05) is 42.3 Å². The van der Waals surface area contributed by atoms with Gasteiger partial charge in [-0.05, 0) is 47.4 Å². The molecule has 0 radical (unpaired) electrons. The van der Waals surface area contributed by atoms with Crippen molar-refractivity contribution >= 4 is 23.1 Å². The predicted molar refractivity (Wildman–Crippen MR) is 76.0 cm³/mol. The van der Waals surface area contributed by atoms with Crippen LogP contribution in [0.2, 0.25) is 0 Å². The van der Waals surface area contributed by atoms with Gasteiger partial charge in [-0.3, -0.25) is 0 Å². The molecule has 1 atom stereocenters. The Kier molecular flexibility index (Phi) is 4.26. The molecule has 0 fully saturated rings. The number of benzene rings is 1. The summed E-state index contributed by atoms with van der Waals surface area (Å²) in [5.74, 6) is 1.07. The predicted octanol–water partition coefficient (Wildman–Crippen LogP) is 4.25. The maximum Gasteiger partial charge on any atom is 0.105 e. The van der Waals surface area contributed by atoms with Crippen molar-refractivity contribution in [3.05, 3.63) is 51.7 Å². The SMILES string of the molecule is CCSc1ccc(C(O)c2ccsc2C)cc1. The summed E-state index contributed by atoms with van der Waals surface area (Å²) >= 11 is 3.49. The zero-order chi connectivity index (χ0) is 12.3. The molecule has 17 heavy (non-hydrogen) atoms. The van der Waals surface area contributed by atoms with Crippen molar-refractivity contribution in [1.82, 2.24) is 0 Å². The van der Waals surface area contributed by atoms with Gasteiger partial charge in [-0.1, -0.05) is 19.1 Å². The Morgan fingerprint density at radius 1 is 1.24 bits per heavy atom. The number of hydrogen-bond acceptors (Lipinski definition) is 3. The van der Waals surface area contributed by atoms with Crippen molar-refractivity contribution in [3.8, 4) is 0 Å². The third-order valence-corrected chi connectivity index (χ3v) is 4.46. The van der Waals surface area contributed by atoms with E-state index in [-0.39, 0.29) is 0 Å². The molecule has 0 amide bonds. The van der Waals surface area contributed by atoms with E-state index >= 15 is 0 Å². The molecule has 0 aliphatic rings. The first-order chi connectivity index (χ1) is 8.22. The van der Waals surface area contributed by atoms with Gasteiger partial charge in [0.1, 0.15) is 6.10 Å². The highest BCUT2D eigenvalue weighted by molar-refractivity contribution is 7.99. The lowest BCUT2D eigenvalue weighted by atomic mass is 10.0. The molecular formula is C14H16OS2. The Morgan fingerprint density at radius 2 is 1.94 bits per heavy atom. The summed E-state index contributed by atoms with van der Waals surface area (Å²) in [6, 6.07) is 10.2. The summed E-state index contributed by atoms with van der Waals surface area (Å²) in [6.07, 6.45) is -0.498. The Hall–Kier alpha value is -0.770. The maximum atomic E-state index is 10.3. The van der Waals surface area contributed by atoms with Gasteiger partial charge in [0.15, 0.2) is 0 Å². The zero-order valence-electron chi connectivity index (χ0n) is 10.0. The van der Waals surface area contributed by atoms with Gasteiger partial charge in [0.25, 0.3) is 0 Å². The van der Waals surface area contributed by atoms with Crippen molar-refractivity contribution in [2.24, 2.45) is 0 Å². The van der Waals surface area contributed by atoms with Crippen molar-refractivity contribution in [2.45, 2.75) is 24.8 Å². The van der Waals surface area contributed by atoms with Crippen molar-refractivity contribution in [2.75, 3.05) is 5.75 Å². The second kappa shape index (κ2) is 5.71.